The predicted molar refractivity (Wildman–Crippen MR) is 65.4 cm³/mol. The molecule has 2 aromatic rings. The molecule has 0 amide bonds. The summed E-state index contributed by atoms with van der Waals surface area (Å²) >= 11 is 0. The van der Waals surface area contributed by atoms with Crippen LogP contribution in [0.25, 0.3) is 10.9 Å². The highest BCUT2D eigenvalue weighted by molar-refractivity contribution is 6.03. The zero-order valence-electron chi connectivity index (χ0n) is 9.90. The fourth-order valence-electron chi connectivity index (χ4n) is 2.21. The minimum absolute atomic E-state index is 0.143. The maximum atomic E-state index is 13.9. The molecule has 1 N–H and O–H groups in total. The number of rotatable bonds is 2. The number of fused-ring (bicyclic) bond motifs is 1. The number of pyridine rings is 1. The Hall–Kier alpha value is -1.97. The van der Waals surface area contributed by atoms with Gasteiger partial charge in [-0.1, -0.05) is 0 Å². The molecule has 0 unspecified atom stereocenters. The predicted octanol–water partition coefficient (Wildman–Crippen LogP) is 3.26. The molecule has 3 rings (SSSR count). The van der Waals surface area contributed by atoms with Gasteiger partial charge in [0.1, 0.15) is 11.3 Å². The molecule has 1 saturated carbocycles. The van der Waals surface area contributed by atoms with Crippen molar-refractivity contribution in [2.24, 2.45) is 0 Å². The summed E-state index contributed by atoms with van der Waals surface area (Å²) in [6.45, 7) is 1.74. The van der Waals surface area contributed by atoms with Crippen LogP contribution >= 0.6 is 0 Å². The highest BCUT2D eigenvalue weighted by Crippen LogP contribution is 2.40. The molecule has 0 atom stereocenters. The van der Waals surface area contributed by atoms with E-state index < -0.39 is 11.8 Å². The monoisotopic (exact) mass is 245 g/mol. The third-order valence-corrected chi connectivity index (χ3v) is 3.26. The van der Waals surface area contributed by atoms with E-state index in [0.29, 0.717) is 22.6 Å². The van der Waals surface area contributed by atoms with Crippen molar-refractivity contribution in [3.8, 4) is 0 Å². The molecule has 92 valence electrons. The van der Waals surface area contributed by atoms with Crippen molar-refractivity contribution in [2.75, 3.05) is 0 Å². The number of hydrogen-bond donors (Lipinski definition) is 1. The first kappa shape index (κ1) is 11.1. The van der Waals surface area contributed by atoms with Crippen LogP contribution in [0.15, 0.2) is 18.2 Å². The molecule has 1 aliphatic rings. The van der Waals surface area contributed by atoms with Crippen LogP contribution in [-0.2, 0) is 0 Å². The number of aromatic carboxylic acids is 1. The maximum absolute atomic E-state index is 13.9. The molecule has 0 aliphatic heterocycles. The van der Waals surface area contributed by atoms with Crippen molar-refractivity contribution >= 4 is 16.9 Å². The Bertz CT molecular complexity index is 662. The summed E-state index contributed by atoms with van der Waals surface area (Å²) < 4.78 is 13.9. The van der Waals surface area contributed by atoms with Crippen LogP contribution in [0.3, 0.4) is 0 Å². The Labute approximate surface area is 103 Å². The lowest BCUT2D eigenvalue weighted by Gasteiger charge is -2.08. The molecule has 0 spiro atoms. The largest absolute Gasteiger partial charge is 0.478 e. The number of benzene rings is 1. The standard InChI is InChI=1S/C14H12FNO2/c1-7-4-9-10(14(17)18)6-12(8-2-3-8)16-13(9)11(15)5-7/h4-6,8H,2-3H2,1H3,(H,17,18). The average molecular weight is 245 g/mol. The lowest BCUT2D eigenvalue weighted by atomic mass is 10.0. The third-order valence-electron chi connectivity index (χ3n) is 3.26. The molecule has 4 heteroatoms. The highest BCUT2D eigenvalue weighted by atomic mass is 19.1. The van der Waals surface area contributed by atoms with E-state index in [1.165, 1.54) is 6.07 Å². The Kier molecular flexibility index (Phi) is 2.33. The lowest BCUT2D eigenvalue weighted by Crippen LogP contribution is -2.03. The van der Waals surface area contributed by atoms with E-state index in [4.69, 9.17) is 0 Å². The first-order chi connectivity index (χ1) is 8.56. The smallest absolute Gasteiger partial charge is 0.336 e. The van der Waals surface area contributed by atoms with Crippen molar-refractivity contribution < 1.29 is 14.3 Å². The van der Waals surface area contributed by atoms with E-state index in [9.17, 15) is 14.3 Å². The third kappa shape index (κ3) is 1.74. The van der Waals surface area contributed by atoms with E-state index in [1.807, 2.05) is 0 Å². The Balaban J connectivity index is 2.37. The van der Waals surface area contributed by atoms with Gasteiger partial charge in [-0.05, 0) is 43.5 Å². The number of halogens is 1. The molecule has 0 saturated heterocycles. The topological polar surface area (TPSA) is 50.2 Å². The van der Waals surface area contributed by atoms with E-state index in [0.717, 1.165) is 12.8 Å². The minimum Gasteiger partial charge on any atom is -0.478 e. The van der Waals surface area contributed by atoms with Gasteiger partial charge in [0.25, 0.3) is 0 Å². The second kappa shape index (κ2) is 3.77. The molecule has 1 heterocycles. The van der Waals surface area contributed by atoms with Gasteiger partial charge >= 0.3 is 5.97 Å². The van der Waals surface area contributed by atoms with Crippen molar-refractivity contribution in [3.05, 3.63) is 40.8 Å². The average Bonchev–Trinajstić information content (AvgIpc) is 3.11. The molecule has 0 radical (unpaired) electrons. The summed E-state index contributed by atoms with van der Waals surface area (Å²) in [4.78, 5) is 15.6. The van der Waals surface area contributed by atoms with Crippen molar-refractivity contribution in [2.45, 2.75) is 25.7 Å². The van der Waals surface area contributed by atoms with E-state index >= 15 is 0 Å². The quantitative estimate of drug-likeness (QED) is 0.883. The molecular weight excluding hydrogens is 233 g/mol. The molecular formula is C14H12FNO2. The molecule has 1 aliphatic carbocycles. The number of carboxylic acids is 1. The second-order valence-electron chi connectivity index (χ2n) is 4.82. The summed E-state index contributed by atoms with van der Waals surface area (Å²) in [5.74, 6) is -1.18. The Morgan fingerprint density at radius 3 is 2.72 bits per heavy atom. The Morgan fingerprint density at radius 2 is 2.11 bits per heavy atom. The summed E-state index contributed by atoms with van der Waals surface area (Å²) in [7, 11) is 0. The molecule has 1 aromatic carbocycles. The van der Waals surface area contributed by atoms with Crippen molar-refractivity contribution in [1.29, 1.82) is 0 Å². The van der Waals surface area contributed by atoms with Gasteiger partial charge in [0.15, 0.2) is 0 Å². The molecule has 1 fully saturated rings. The fourth-order valence-corrected chi connectivity index (χ4v) is 2.21. The molecule has 0 bridgehead atoms. The summed E-state index contributed by atoms with van der Waals surface area (Å²) in [6.07, 6.45) is 2.01. The number of aromatic nitrogens is 1. The molecule has 3 nitrogen and oxygen atoms in total. The van der Waals surface area contributed by atoms with Gasteiger partial charge in [0.05, 0.1) is 5.56 Å². The van der Waals surface area contributed by atoms with Crippen molar-refractivity contribution in [3.63, 3.8) is 0 Å². The number of nitrogens with zero attached hydrogens (tertiary/aromatic N) is 1. The van der Waals surface area contributed by atoms with Crippen LogP contribution in [0.4, 0.5) is 4.39 Å². The van der Waals surface area contributed by atoms with Gasteiger partial charge in [-0.2, -0.15) is 0 Å². The summed E-state index contributed by atoms with van der Waals surface area (Å²) in [5.41, 5.74) is 1.71. The SMILES string of the molecule is Cc1cc(F)c2nc(C3CC3)cc(C(=O)O)c2c1. The van der Waals surface area contributed by atoms with Crippen LogP contribution in [0.5, 0.6) is 0 Å². The number of hydrogen-bond acceptors (Lipinski definition) is 2. The highest BCUT2D eigenvalue weighted by Gasteiger charge is 2.27. The van der Waals surface area contributed by atoms with Crippen LogP contribution < -0.4 is 0 Å². The van der Waals surface area contributed by atoms with E-state index in [-0.39, 0.29) is 11.1 Å². The van der Waals surface area contributed by atoms with Gasteiger partial charge in [0, 0.05) is 17.0 Å². The lowest BCUT2D eigenvalue weighted by molar-refractivity contribution is 0.0699. The number of carboxylic acid groups (broad SMARTS) is 1. The van der Waals surface area contributed by atoms with Crippen LogP contribution in [0.1, 0.15) is 40.4 Å². The first-order valence-corrected chi connectivity index (χ1v) is 5.90. The van der Waals surface area contributed by atoms with Crippen molar-refractivity contribution in [1.82, 2.24) is 4.98 Å². The summed E-state index contributed by atoms with van der Waals surface area (Å²) in [5, 5.41) is 9.62. The van der Waals surface area contributed by atoms with Crippen LogP contribution in [0.2, 0.25) is 0 Å². The minimum atomic E-state index is -1.03. The van der Waals surface area contributed by atoms with Crippen LogP contribution in [-0.4, -0.2) is 16.1 Å². The van der Waals surface area contributed by atoms with Gasteiger partial charge in [-0.25, -0.2) is 14.2 Å². The number of carbonyl (C=O) groups is 1. The summed E-state index contributed by atoms with van der Waals surface area (Å²) in [6, 6.07) is 4.64. The zero-order valence-corrected chi connectivity index (χ0v) is 9.90. The molecule has 1 aromatic heterocycles. The fraction of sp³-hybridized carbons (Fsp3) is 0.286. The van der Waals surface area contributed by atoms with Gasteiger partial charge in [-0.3, -0.25) is 0 Å². The number of aryl methyl sites for hydroxylation is 1. The van der Waals surface area contributed by atoms with E-state index in [1.54, 1.807) is 19.1 Å². The van der Waals surface area contributed by atoms with Gasteiger partial charge in [0.2, 0.25) is 0 Å². The molecule has 18 heavy (non-hydrogen) atoms. The normalized spacial score (nSPS) is 15.0. The second-order valence-corrected chi connectivity index (χ2v) is 4.82. The van der Waals surface area contributed by atoms with E-state index in [2.05, 4.69) is 4.98 Å². The van der Waals surface area contributed by atoms with Gasteiger partial charge in [-0.15, -0.1) is 0 Å². The Morgan fingerprint density at radius 1 is 1.39 bits per heavy atom. The maximum Gasteiger partial charge on any atom is 0.336 e. The van der Waals surface area contributed by atoms with Crippen LogP contribution in [0, 0.1) is 12.7 Å². The first-order valence-electron chi connectivity index (χ1n) is 5.90. The van der Waals surface area contributed by atoms with Gasteiger partial charge < -0.3 is 5.11 Å². The zero-order chi connectivity index (χ0) is 12.9.